The number of rotatable bonds is 9. The molecule has 0 saturated heterocycles. The van der Waals surface area contributed by atoms with Gasteiger partial charge in [0.15, 0.2) is 5.96 Å². The molecule has 1 unspecified atom stereocenters. The Labute approximate surface area is 151 Å². The molecule has 8 heteroatoms. The molecule has 3 N–H and O–H groups in total. The highest BCUT2D eigenvalue weighted by atomic mass is 32.2. The molecule has 1 aromatic carbocycles. The Morgan fingerprint density at radius 2 is 2.04 bits per heavy atom. The van der Waals surface area contributed by atoms with Crippen molar-refractivity contribution in [3.05, 3.63) is 29.3 Å². The third kappa shape index (κ3) is 7.41. The summed E-state index contributed by atoms with van der Waals surface area (Å²) in [5.41, 5.74) is 1.64. The Balaban J connectivity index is 2.65. The van der Waals surface area contributed by atoms with Crippen LogP contribution in [0.5, 0.6) is 0 Å². The summed E-state index contributed by atoms with van der Waals surface area (Å²) in [5.74, 6) is 0.637. The van der Waals surface area contributed by atoms with E-state index in [1.807, 2.05) is 32.9 Å². The standard InChI is InChI=1S/C17H30N4O3S/c1-6-18-17(21-15(4)12-24-5)19-9-10-20-25(22,23)16-11-13(2)7-8-14(16)3/h7-8,11,15,20H,6,9-10,12H2,1-5H3,(H2,18,19,21). The first-order valence-electron chi connectivity index (χ1n) is 8.40. The second kappa shape index (κ2) is 10.4. The van der Waals surface area contributed by atoms with Gasteiger partial charge >= 0.3 is 0 Å². The lowest BCUT2D eigenvalue weighted by Gasteiger charge is -2.17. The number of hydrogen-bond acceptors (Lipinski definition) is 4. The van der Waals surface area contributed by atoms with Crippen LogP contribution in [-0.2, 0) is 14.8 Å². The molecule has 1 rings (SSSR count). The Hall–Kier alpha value is -1.64. The fourth-order valence-electron chi connectivity index (χ4n) is 2.27. The van der Waals surface area contributed by atoms with E-state index in [1.165, 1.54) is 0 Å². The van der Waals surface area contributed by atoms with Crippen LogP contribution in [0.25, 0.3) is 0 Å². The van der Waals surface area contributed by atoms with Crippen molar-refractivity contribution in [3.63, 3.8) is 0 Å². The Kier molecular flexibility index (Phi) is 8.88. The minimum Gasteiger partial charge on any atom is -0.383 e. The molecule has 25 heavy (non-hydrogen) atoms. The molecule has 0 spiro atoms. The van der Waals surface area contributed by atoms with Crippen LogP contribution in [0.3, 0.4) is 0 Å². The Morgan fingerprint density at radius 1 is 1.32 bits per heavy atom. The van der Waals surface area contributed by atoms with Gasteiger partial charge in [0.2, 0.25) is 10.0 Å². The SMILES string of the molecule is CCNC(=NCCNS(=O)(=O)c1cc(C)ccc1C)NC(C)COC. The number of benzene rings is 1. The van der Waals surface area contributed by atoms with Crippen molar-refractivity contribution in [1.29, 1.82) is 0 Å². The van der Waals surface area contributed by atoms with Gasteiger partial charge in [-0.2, -0.15) is 0 Å². The molecule has 0 aliphatic rings. The molecular weight excluding hydrogens is 340 g/mol. The van der Waals surface area contributed by atoms with E-state index in [0.29, 0.717) is 24.0 Å². The molecule has 0 radical (unpaired) electrons. The van der Waals surface area contributed by atoms with Crippen LogP contribution < -0.4 is 15.4 Å². The van der Waals surface area contributed by atoms with Crippen LogP contribution >= 0.6 is 0 Å². The summed E-state index contributed by atoms with van der Waals surface area (Å²) in [4.78, 5) is 4.70. The lowest BCUT2D eigenvalue weighted by atomic mass is 10.2. The summed E-state index contributed by atoms with van der Waals surface area (Å²) in [6.45, 7) is 9.46. The van der Waals surface area contributed by atoms with Crippen LogP contribution in [0.4, 0.5) is 0 Å². The number of sulfonamides is 1. The molecule has 0 aliphatic carbocycles. The summed E-state index contributed by atoms with van der Waals surface area (Å²) in [5, 5.41) is 6.33. The number of nitrogens with one attached hydrogen (secondary N) is 3. The molecule has 0 fully saturated rings. The highest BCUT2D eigenvalue weighted by Crippen LogP contribution is 2.16. The third-order valence-corrected chi connectivity index (χ3v) is 5.05. The molecule has 0 saturated carbocycles. The number of ether oxygens (including phenoxy) is 1. The molecule has 0 heterocycles. The van der Waals surface area contributed by atoms with E-state index in [4.69, 9.17) is 4.74 Å². The number of guanidine groups is 1. The van der Waals surface area contributed by atoms with Crippen molar-refractivity contribution >= 4 is 16.0 Å². The molecule has 1 atom stereocenters. The first-order chi connectivity index (χ1) is 11.8. The first kappa shape index (κ1) is 21.4. The number of methoxy groups -OCH3 is 1. The summed E-state index contributed by atoms with van der Waals surface area (Å²) in [7, 11) is -1.89. The topological polar surface area (TPSA) is 91.8 Å². The normalized spacial score (nSPS) is 13.6. The minimum atomic E-state index is -3.54. The molecule has 0 aliphatic heterocycles. The molecule has 1 aromatic rings. The quantitative estimate of drug-likeness (QED) is 0.345. The van der Waals surface area contributed by atoms with Crippen LogP contribution in [0.15, 0.2) is 28.1 Å². The first-order valence-corrected chi connectivity index (χ1v) is 9.89. The number of nitrogens with zero attached hydrogens (tertiary/aromatic N) is 1. The summed E-state index contributed by atoms with van der Waals surface area (Å²) in [6, 6.07) is 5.49. The second-order valence-electron chi connectivity index (χ2n) is 5.93. The maximum atomic E-state index is 12.4. The van der Waals surface area contributed by atoms with E-state index in [1.54, 1.807) is 20.1 Å². The highest BCUT2D eigenvalue weighted by molar-refractivity contribution is 7.89. The fraction of sp³-hybridized carbons (Fsp3) is 0.588. The van der Waals surface area contributed by atoms with Crippen molar-refractivity contribution in [2.24, 2.45) is 4.99 Å². The maximum Gasteiger partial charge on any atom is 0.240 e. The van der Waals surface area contributed by atoms with E-state index >= 15 is 0 Å². The largest absolute Gasteiger partial charge is 0.383 e. The second-order valence-corrected chi connectivity index (χ2v) is 7.66. The molecule has 142 valence electrons. The van der Waals surface area contributed by atoms with E-state index in [0.717, 1.165) is 17.7 Å². The zero-order chi connectivity index (χ0) is 18.9. The number of aliphatic imine (C=N–C) groups is 1. The summed E-state index contributed by atoms with van der Waals surface area (Å²) >= 11 is 0. The molecule has 0 aromatic heterocycles. The number of hydrogen-bond donors (Lipinski definition) is 3. The van der Waals surface area contributed by atoms with E-state index in [-0.39, 0.29) is 12.6 Å². The van der Waals surface area contributed by atoms with Gasteiger partial charge in [-0.25, -0.2) is 13.1 Å². The average Bonchev–Trinajstić information content (AvgIpc) is 2.54. The molecule has 7 nitrogen and oxygen atoms in total. The van der Waals surface area contributed by atoms with Gasteiger partial charge in [-0.05, 0) is 44.9 Å². The van der Waals surface area contributed by atoms with Crippen LogP contribution in [-0.4, -0.2) is 53.8 Å². The van der Waals surface area contributed by atoms with Crippen molar-refractivity contribution in [1.82, 2.24) is 15.4 Å². The van der Waals surface area contributed by atoms with Crippen LogP contribution in [0.1, 0.15) is 25.0 Å². The number of aryl methyl sites for hydroxylation is 2. The molecule has 0 bridgehead atoms. The Morgan fingerprint density at radius 3 is 2.68 bits per heavy atom. The van der Waals surface area contributed by atoms with Gasteiger partial charge in [0.25, 0.3) is 0 Å². The van der Waals surface area contributed by atoms with E-state index < -0.39 is 10.0 Å². The summed E-state index contributed by atoms with van der Waals surface area (Å²) < 4.78 is 32.6. The van der Waals surface area contributed by atoms with Gasteiger partial charge in [0.05, 0.1) is 18.0 Å². The fourth-order valence-corrected chi connectivity index (χ4v) is 3.62. The van der Waals surface area contributed by atoms with Crippen molar-refractivity contribution in [3.8, 4) is 0 Å². The predicted molar refractivity (Wildman–Crippen MR) is 102 cm³/mol. The minimum absolute atomic E-state index is 0.106. The zero-order valence-corrected chi connectivity index (χ0v) is 16.5. The Bertz CT molecular complexity index is 674. The third-order valence-electron chi connectivity index (χ3n) is 3.45. The lowest BCUT2D eigenvalue weighted by molar-refractivity contribution is 0.179. The van der Waals surface area contributed by atoms with Gasteiger partial charge in [0, 0.05) is 26.2 Å². The van der Waals surface area contributed by atoms with E-state index in [9.17, 15) is 8.42 Å². The lowest BCUT2D eigenvalue weighted by Crippen LogP contribution is -2.44. The van der Waals surface area contributed by atoms with E-state index in [2.05, 4.69) is 20.3 Å². The zero-order valence-electron chi connectivity index (χ0n) is 15.7. The average molecular weight is 371 g/mol. The summed E-state index contributed by atoms with van der Waals surface area (Å²) in [6.07, 6.45) is 0. The van der Waals surface area contributed by atoms with Gasteiger partial charge in [-0.3, -0.25) is 4.99 Å². The monoisotopic (exact) mass is 370 g/mol. The van der Waals surface area contributed by atoms with Gasteiger partial charge in [-0.15, -0.1) is 0 Å². The van der Waals surface area contributed by atoms with Gasteiger partial charge < -0.3 is 15.4 Å². The predicted octanol–water partition coefficient (Wildman–Crippen LogP) is 1.17. The van der Waals surface area contributed by atoms with Crippen molar-refractivity contribution in [2.75, 3.05) is 33.4 Å². The van der Waals surface area contributed by atoms with Crippen molar-refractivity contribution < 1.29 is 13.2 Å². The maximum absolute atomic E-state index is 12.4. The molecule has 0 amide bonds. The smallest absolute Gasteiger partial charge is 0.240 e. The van der Waals surface area contributed by atoms with Gasteiger partial charge in [0.1, 0.15) is 0 Å². The van der Waals surface area contributed by atoms with Gasteiger partial charge in [-0.1, -0.05) is 12.1 Å². The molecular formula is C17H30N4O3S. The highest BCUT2D eigenvalue weighted by Gasteiger charge is 2.16. The van der Waals surface area contributed by atoms with Crippen molar-refractivity contribution in [2.45, 2.75) is 38.6 Å². The van der Waals surface area contributed by atoms with Crippen LogP contribution in [0, 0.1) is 13.8 Å². The van der Waals surface area contributed by atoms with Crippen LogP contribution in [0.2, 0.25) is 0 Å².